The van der Waals surface area contributed by atoms with Crippen LogP contribution in [-0.2, 0) is 0 Å². The predicted molar refractivity (Wildman–Crippen MR) is 70.9 cm³/mol. The van der Waals surface area contributed by atoms with Gasteiger partial charge in [0.2, 0.25) is 0 Å². The Bertz CT molecular complexity index is 676. The van der Waals surface area contributed by atoms with Crippen LogP contribution < -0.4 is 0 Å². The van der Waals surface area contributed by atoms with Gasteiger partial charge >= 0.3 is 5.97 Å². The summed E-state index contributed by atoms with van der Waals surface area (Å²) in [6, 6.07) is 2.45. The fourth-order valence-electron chi connectivity index (χ4n) is 1.54. The molecule has 1 aromatic heterocycles. The summed E-state index contributed by atoms with van der Waals surface area (Å²) in [7, 11) is 0. The molecule has 0 atom stereocenters. The molecule has 1 N–H and O–H groups in total. The standard InChI is InChI=1S/C12H9N3O4S/c1-7-9(15(18)19)4-8(12(16)17)5-10(7)20-11-6-13-2-3-14-11/h2-6H,1H3,(H,16,17). The molecule has 20 heavy (non-hydrogen) atoms. The molecule has 0 bridgehead atoms. The van der Waals surface area contributed by atoms with Gasteiger partial charge in [-0.3, -0.25) is 15.1 Å². The smallest absolute Gasteiger partial charge is 0.335 e. The summed E-state index contributed by atoms with van der Waals surface area (Å²) < 4.78 is 0. The maximum absolute atomic E-state index is 11.0. The number of rotatable bonds is 4. The van der Waals surface area contributed by atoms with Crippen LogP contribution in [0.5, 0.6) is 0 Å². The summed E-state index contributed by atoms with van der Waals surface area (Å²) in [6.45, 7) is 1.57. The van der Waals surface area contributed by atoms with Crippen molar-refractivity contribution in [3.05, 3.63) is 52.0 Å². The maximum atomic E-state index is 11.0. The van der Waals surface area contributed by atoms with E-state index in [9.17, 15) is 14.9 Å². The third-order valence-electron chi connectivity index (χ3n) is 2.53. The molecule has 0 aliphatic carbocycles. The molecule has 7 nitrogen and oxygen atoms in total. The number of nitro groups is 1. The molecule has 2 rings (SSSR count). The van der Waals surface area contributed by atoms with Crippen LogP contribution >= 0.6 is 11.8 Å². The lowest BCUT2D eigenvalue weighted by atomic mass is 10.1. The van der Waals surface area contributed by atoms with Crippen molar-refractivity contribution in [3.8, 4) is 0 Å². The number of aromatic carboxylic acids is 1. The van der Waals surface area contributed by atoms with E-state index < -0.39 is 10.9 Å². The van der Waals surface area contributed by atoms with Gasteiger partial charge in [0.1, 0.15) is 5.03 Å². The largest absolute Gasteiger partial charge is 0.478 e. The summed E-state index contributed by atoms with van der Waals surface area (Å²) >= 11 is 1.14. The highest BCUT2D eigenvalue weighted by molar-refractivity contribution is 7.99. The summed E-state index contributed by atoms with van der Waals surface area (Å²) in [6.07, 6.45) is 4.50. The van der Waals surface area contributed by atoms with E-state index in [1.165, 1.54) is 24.7 Å². The van der Waals surface area contributed by atoms with E-state index in [1.807, 2.05) is 0 Å². The highest BCUT2D eigenvalue weighted by Crippen LogP contribution is 2.34. The molecule has 0 spiro atoms. The zero-order valence-electron chi connectivity index (χ0n) is 10.3. The molecule has 102 valence electrons. The number of hydrogen-bond donors (Lipinski definition) is 1. The summed E-state index contributed by atoms with van der Waals surface area (Å²) in [4.78, 5) is 29.8. The average molecular weight is 291 g/mol. The summed E-state index contributed by atoms with van der Waals surface area (Å²) in [5.74, 6) is -1.21. The molecule has 2 aromatic rings. The second kappa shape index (κ2) is 5.66. The van der Waals surface area contributed by atoms with Crippen molar-refractivity contribution in [2.75, 3.05) is 0 Å². The van der Waals surface area contributed by atoms with Gasteiger partial charge in [0.05, 0.1) is 16.7 Å². The maximum Gasteiger partial charge on any atom is 0.335 e. The number of hydrogen-bond acceptors (Lipinski definition) is 6. The molecule has 0 aliphatic rings. The van der Waals surface area contributed by atoms with Gasteiger partial charge in [-0.25, -0.2) is 9.78 Å². The van der Waals surface area contributed by atoms with Gasteiger partial charge in [-0.1, -0.05) is 11.8 Å². The van der Waals surface area contributed by atoms with Gasteiger partial charge in [0.15, 0.2) is 0 Å². The molecule has 0 saturated heterocycles. The van der Waals surface area contributed by atoms with Crippen molar-refractivity contribution in [2.45, 2.75) is 16.8 Å². The molecule has 0 unspecified atom stereocenters. The Morgan fingerprint density at radius 3 is 2.70 bits per heavy atom. The number of nitro benzene ring substituents is 1. The fraction of sp³-hybridized carbons (Fsp3) is 0.0833. The van der Waals surface area contributed by atoms with Gasteiger partial charge in [-0.05, 0) is 13.0 Å². The van der Waals surface area contributed by atoms with Crippen molar-refractivity contribution in [3.63, 3.8) is 0 Å². The van der Waals surface area contributed by atoms with Crippen molar-refractivity contribution in [1.29, 1.82) is 0 Å². The van der Waals surface area contributed by atoms with Crippen LogP contribution in [0.2, 0.25) is 0 Å². The topological polar surface area (TPSA) is 106 Å². The molecular formula is C12H9N3O4S. The molecule has 1 aromatic carbocycles. The minimum absolute atomic E-state index is 0.131. The number of benzene rings is 1. The van der Waals surface area contributed by atoms with Crippen molar-refractivity contribution >= 4 is 23.4 Å². The SMILES string of the molecule is Cc1c(Sc2cnccn2)cc(C(=O)O)cc1[N+](=O)[O-]. The molecule has 8 heteroatoms. The number of nitrogens with zero attached hydrogens (tertiary/aromatic N) is 3. The Kier molecular flexibility index (Phi) is 3.94. The van der Waals surface area contributed by atoms with Crippen molar-refractivity contribution < 1.29 is 14.8 Å². The van der Waals surface area contributed by atoms with Crippen LogP contribution in [-0.4, -0.2) is 26.0 Å². The van der Waals surface area contributed by atoms with Gasteiger partial charge in [-0.15, -0.1) is 0 Å². The normalized spacial score (nSPS) is 10.2. The van der Waals surface area contributed by atoms with E-state index in [-0.39, 0.29) is 11.3 Å². The first-order chi connectivity index (χ1) is 9.49. The lowest BCUT2D eigenvalue weighted by molar-refractivity contribution is -0.385. The van der Waals surface area contributed by atoms with E-state index in [2.05, 4.69) is 9.97 Å². The van der Waals surface area contributed by atoms with Crippen LogP contribution in [0, 0.1) is 17.0 Å². The average Bonchev–Trinajstić information content (AvgIpc) is 2.41. The first-order valence-corrected chi connectivity index (χ1v) is 6.27. The lowest BCUT2D eigenvalue weighted by Gasteiger charge is -2.07. The third-order valence-corrected chi connectivity index (χ3v) is 3.59. The van der Waals surface area contributed by atoms with Crippen LogP contribution in [0.25, 0.3) is 0 Å². The Labute approximate surface area is 117 Å². The lowest BCUT2D eigenvalue weighted by Crippen LogP contribution is -2.01. The zero-order valence-corrected chi connectivity index (χ0v) is 11.1. The van der Waals surface area contributed by atoms with Gasteiger partial charge in [0.25, 0.3) is 5.69 Å². The monoisotopic (exact) mass is 291 g/mol. The van der Waals surface area contributed by atoms with Crippen molar-refractivity contribution in [2.24, 2.45) is 0 Å². The predicted octanol–water partition coefficient (Wildman–Crippen LogP) is 2.54. The summed E-state index contributed by atoms with van der Waals surface area (Å²) in [5, 5.41) is 20.5. The second-order valence-electron chi connectivity index (χ2n) is 3.83. The number of aromatic nitrogens is 2. The quantitative estimate of drug-likeness (QED) is 0.681. The minimum atomic E-state index is -1.21. The molecule has 1 heterocycles. The number of carboxylic acids is 1. The van der Waals surface area contributed by atoms with Gasteiger partial charge in [-0.2, -0.15) is 0 Å². The van der Waals surface area contributed by atoms with Crippen molar-refractivity contribution in [1.82, 2.24) is 9.97 Å². The van der Waals surface area contributed by atoms with E-state index in [4.69, 9.17) is 5.11 Å². The first kappa shape index (κ1) is 13.9. The Hall–Kier alpha value is -2.48. The highest BCUT2D eigenvalue weighted by Gasteiger charge is 2.19. The number of carboxylic acid groups (broad SMARTS) is 1. The molecule has 0 saturated carbocycles. The van der Waals surface area contributed by atoms with Gasteiger partial charge < -0.3 is 5.11 Å². The zero-order chi connectivity index (χ0) is 14.7. The molecule has 0 radical (unpaired) electrons. The van der Waals surface area contributed by atoms with Crippen LogP contribution in [0.4, 0.5) is 5.69 Å². The van der Waals surface area contributed by atoms with Crippen LogP contribution in [0.15, 0.2) is 40.6 Å². The van der Waals surface area contributed by atoms with Crippen LogP contribution in [0.1, 0.15) is 15.9 Å². The van der Waals surface area contributed by atoms with Crippen LogP contribution in [0.3, 0.4) is 0 Å². The first-order valence-electron chi connectivity index (χ1n) is 5.45. The molecule has 0 aliphatic heterocycles. The Balaban J connectivity index is 2.51. The van der Waals surface area contributed by atoms with E-state index >= 15 is 0 Å². The molecule has 0 amide bonds. The summed E-state index contributed by atoms with van der Waals surface area (Å²) in [5.41, 5.74) is 0.0423. The Morgan fingerprint density at radius 2 is 2.15 bits per heavy atom. The minimum Gasteiger partial charge on any atom is -0.478 e. The molecule has 0 fully saturated rings. The highest BCUT2D eigenvalue weighted by atomic mass is 32.2. The van der Waals surface area contributed by atoms with Gasteiger partial charge in [0, 0.05) is 28.9 Å². The Morgan fingerprint density at radius 1 is 1.40 bits per heavy atom. The van der Waals surface area contributed by atoms with E-state index in [0.717, 1.165) is 17.8 Å². The molecular weight excluding hydrogens is 282 g/mol. The fourth-order valence-corrected chi connectivity index (χ4v) is 2.44. The van der Waals surface area contributed by atoms with E-state index in [1.54, 1.807) is 6.92 Å². The second-order valence-corrected chi connectivity index (χ2v) is 4.89. The van der Waals surface area contributed by atoms with E-state index in [0.29, 0.717) is 15.5 Å². The number of carbonyl (C=O) groups is 1. The third kappa shape index (κ3) is 2.91.